The van der Waals surface area contributed by atoms with E-state index in [9.17, 15) is 41.7 Å². The monoisotopic (exact) mass is 610 g/mol. The van der Waals surface area contributed by atoms with Gasteiger partial charge in [-0.2, -0.15) is 0 Å². The number of hydrogen-bond acceptors (Lipinski definition) is 7. The van der Waals surface area contributed by atoms with Crippen LogP contribution in [0.1, 0.15) is 41.9 Å². The van der Waals surface area contributed by atoms with Crippen molar-refractivity contribution in [3.63, 3.8) is 0 Å². The van der Waals surface area contributed by atoms with E-state index in [-0.39, 0.29) is 45.6 Å². The van der Waals surface area contributed by atoms with Crippen LogP contribution in [0.5, 0.6) is 0 Å². The highest BCUT2D eigenvalue weighted by Gasteiger charge is 2.68. The number of halogens is 4. The van der Waals surface area contributed by atoms with Crippen LogP contribution in [0.15, 0.2) is 59.6 Å². The van der Waals surface area contributed by atoms with E-state index in [1.807, 2.05) is 6.92 Å². The minimum Gasteiger partial charge on any atom is -0.387 e. The fourth-order valence-corrected chi connectivity index (χ4v) is 8.61. The highest BCUT2D eigenvalue weighted by molar-refractivity contribution is 7.92. The molecule has 1 aromatic heterocycles. The van der Waals surface area contributed by atoms with Crippen molar-refractivity contribution >= 4 is 33.0 Å². The molecule has 3 saturated carbocycles. The number of pyridine rings is 1. The minimum atomic E-state index is -4.15. The van der Waals surface area contributed by atoms with Gasteiger partial charge in [-0.1, -0.05) is 18.5 Å². The Morgan fingerprint density at radius 1 is 1.05 bits per heavy atom. The molecule has 1 heterocycles. The van der Waals surface area contributed by atoms with Crippen molar-refractivity contribution in [1.29, 1.82) is 0 Å². The molecule has 0 aliphatic heterocycles. The maximum Gasteiger partial charge on any atom is 0.255 e. The van der Waals surface area contributed by atoms with Gasteiger partial charge in [0.15, 0.2) is 21.5 Å². The predicted molar refractivity (Wildman–Crippen MR) is 142 cm³/mol. The number of amides is 1. The second kappa shape index (κ2) is 10.7. The summed E-state index contributed by atoms with van der Waals surface area (Å²) in [6.07, 6.45) is -2.48. The zero-order chi connectivity index (χ0) is 29.9. The van der Waals surface area contributed by atoms with Crippen LogP contribution in [-0.2, 0) is 9.84 Å². The fourth-order valence-electron chi connectivity index (χ4n) is 6.26. The van der Waals surface area contributed by atoms with Gasteiger partial charge in [0.2, 0.25) is 0 Å². The standard InChI is InChI=1S/C28H26ClF3N2O6S/c1-13-18-11-17(12-19(13)28(18,38)26(36)25(35)23-9-15(30)6-7-33-23)41(39,40)24-8-14(2-4-20(24)29)27(37)34-16-3-5-21(31)22(32)10-16/h2-10,13,17-19,25-26,35-36,38H,11-12H2,1H3,(H,34,37)/t13-,17?,18?,19?,25?,26?,28+. The zero-order valence-corrected chi connectivity index (χ0v) is 23.1. The van der Waals surface area contributed by atoms with Crippen LogP contribution in [-0.4, -0.2) is 51.6 Å². The van der Waals surface area contributed by atoms with Gasteiger partial charge in [0.1, 0.15) is 18.0 Å². The van der Waals surface area contributed by atoms with E-state index >= 15 is 0 Å². The van der Waals surface area contributed by atoms with E-state index in [0.29, 0.717) is 0 Å². The molecule has 8 nitrogen and oxygen atoms in total. The Morgan fingerprint density at radius 3 is 2.37 bits per heavy atom. The Bertz CT molecular complexity index is 1610. The molecule has 0 saturated heterocycles. The van der Waals surface area contributed by atoms with Gasteiger partial charge in [0.25, 0.3) is 5.91 Å². The molecular formula is C28H26ClF3N2O6S. The Kier molecular flexibility index (Phi) is 7.66. The summed E-state index contributed by atoms with van der Waals surface area (Å²) in [4.78, 5) is 16.3. The normalized spacial score (nSPS) is 27.0. The molecule has 41 heavy (non-hydrogen) atoms. The first kappa shape index (κ1) is 29.5. The first-order valence-electron chi connectivity index (χ1n) is 12.7. The molecule has 13 heteroatoms. The highest BCUT2D eigenvalue weighted by atomic mass is 35.5. The number of aromatic nitrogens is 1. The van der Waals surface area contributed by atoms with Gasteiger partial charge in [-0.15, -0.1) is 0 Å². The third-order valence-electron chi connectivity index (χ3n) is 8.43. The van der Waals surface area contributed by atoms with Crippen molar-refractivity contribution < 1.29 is 41.7 Å². The molecule has 1 amide bonds. The number of hydrogen-bond donors (Lipinski definition) is 4. The molecule has 2 bridgehead atoms. The van der Waals surface area contributed by atoms with Gasteiger partial charge in [0.05, 0.1) is 26.5 Å². The summed E-state index contributed by atoms with van der Waals surface area (Å²) >= 11 is 6.25. The van der Waals surface area contributed by atoms with Crippen LogP contribution in [0.2, 0.25) is 5.02 Å². The average molecular weight is 611 g/mol. The number of carbonyl (C=O) groups excluding carboxylic acids is 1. The van der Waals surface area contributed by atoms with Gasteiger partial charge >= 0.3 is 0 Å². The fraction of sp³-hybridized carbons (Fsp3) is 0.357. The van der Waals surface area contributed by atoms with E-state index in [4.69, 9.17) is 11.6 Å². The molecule has 2 aromatic carbocycles. The molecular weight excluding hydrogens is 585 g/mol. The Balaban J connectivity index is 1.36. The molecule has 218 valence electrons. The zero-order valence-electron chi connectivity index (χ0n) is 21.5. The number of aliphatic hydroxyl groups excluding tert-OH is 2. The number of sulfone groups is 1. The van der Waals surface area contributed by atoms with Gasteiger partial charge in [-0.3, -0.25) is 9.78 Å². The molecule has 3 aliphatic rings. The van der Waals surface area contributed by atoms with E-state index in [1.165, 1.54) is 12.1 Å². The first-order chi connectivity index (χ1) is 19.2. The Morgan fingerprint density at radius 2 is 1.73 bits per heavy atom. The predicted octanol–water partition coefficient (Wildman–Crippen LogP) is 4.05. The minimum absolute atomic E-state index is 0.0388. The summed E-state index contributed by atoms with van der Waals surface area (Å²) in [6, 6.07) is 8.40. The highest BCUT2D eigenvalue weighted by Crippen LogP contribution is 2.61. The molecule has 6 rings (SSSR count). The van der Waals surface area contributed by atoms with E-state index in [2.05, 4.69) is 10.3 Å². The van der Waals surface area contributed by atoms with Crippen molar-refractivity contribution in [2.75, 3.05) is 5.32 Å². The third kappa shape index (κ3) is 5.01. The average Bonchev–Trinajstić information content (AvgIpc) is 2.94. The summed E-state index contributed by atoms with van der Waals surface area (Å²) < 4.78 is 67.8. The van der Waals surface area contributed by atoms with Crippen molar-refractivity contribution in [2.45, 2.75) is 47.7 Å². The SMILES string of the molecule is C[C@H]1C2CC(S(=O)(=O)c3cc(C(=O)Nc4ccc(F)c(F)c4)ccc3Cl)CC1[C@@]2(O)C(O)C(O)c1cc(F)ccn1. The van der Waals surface area contributed by atoms with Crippen molar-refractivity contribution in [3.8, 4) is 0 Å². The number of nitrogens with zero attached hydrogens (tertiary/aromatic N) is 1. The maximum absolute atomic E-state index is 13.7. The summed E-state index contributed by atoms with van der Waals surface area (Å²) in [7, 11) is -4.15. The number of benzene rings is 2. The lowest BCUT2D eigenvalue weighted by Crippen LogP contribution is -2.72. The summed E-state index contributed by atoms with van der Waals surface area (Å²) in [6.45, 7) is 1.81. The largest absolute Gasteiger partial charge is 0.387 e. The number of rotatable bonds is 7. The quantitative estimate of drug-likeness (QED) is 0.317. The molecule has 3 aliphatic carbocycles. The van der Waals surface area contributed by atoms with Crippen LogP contribution in [0, 0.1) is 35.2 Å². The van der Waals surface area contributed by atoms with Gasteiger partial charge in [-0.25, -0.2) is 21.6 Å². The van der Waals surface area contributed by atoms with Gasteiger partial charge in [-0.05, 0) is 73.1 Å². The summed E-state index contributed by atoms with van der Waals surface area (Å²) in [5.41, 5.74) is -2.14. The topological polar surface area (TPSA) is 137 Å². The maximum atomic E-state index is 13.7. The molecule has 3 fully saturated rings. The van der Waals surface area contributed by atoms with E-state index in [0.717, 1.165) is 42.6 Å². The van der Waals surface area contributed by atoms with Crippen LogP contribution in [0.4, 0.5) is 18.9 Å². The number of aliphatic hydroxyl groups is 3. The third-order valence-corrected chi connectivity index (χ3v) is 11.1. The molecule has 0 spiro atoms. The van der Waals surface area contributed by atoms with Crippen molar-refractivity contribution in [1.82, 2.24) is 4.98 Å². The lowest BCUT2D eigenvalue weighted by atomic mass is 9.45. The lowest BCUT2D eigenvalue weighted by Gasteiger charge is -2.64. The van der Waals surface area contributed by atoms with Crippen molar-refractivity contribution in [3.05, 3.63) is 88.5 Å². The second-order valence-corrected chi connectivity index (χ2v) is 13.2. The molecule has 4 atom stereocenters. The van der Waals surface area contributed by atoms with E-state index < -0.39 is 68.1 Å². The first-order valence-corrected chi connectivity index (χ1v) is 14.7. The summed E-state index contributed by atoms with van der Waals surface area (Å²) in [5.74, 6) is -5.35. The molecule has 4 unspecified atom stereocenters. The summed E-state index contributed by atoms with van der Waals surface area (Å²) in [5, 5.41) is 34.3. The lowest BCUT2D eigenvalue weighted by molar-refractivity contribution is -0.280. The second-order valence-electron chi connectivity index (χ2n) is 10.6. The van der Waals surface area contributed by atoms with Crippen LogP contribution >= 0.6 is 11.6 Å². The molecule has 3 aromatic rings. The number of fused-ring (bicyclic) bond motifs is 2. The smallest absolute Gasteiger partial charge is 0.255 e. The van der Waals surface area contributed by atoms with Crippen LogP contribution in [0.3, 0.4) is 0 Å². The molecule has 0 radical (unpaired) electrons. The number of anilines is 1. The van der Waals surface area contributed by atoms with Gasteiger partial charge < -0.3 is 20.6 Å². The number of nitrogens with one attached hydrogen (secondary N) is 1. The molecule has 4 N–H and O–H groups in total. The van der Waals surface area contributed by atoms with E-state index in [1.54, 1.807) is 0 Å². The number of carbonyl (C=O) groups is 1. The Labute approximate surface area is 238 Å². The van der Waals surface area contributed by atoms with Crippen LogP contribution < -0.4 is 5.32 Å². The van der Waals surface area contributed by atoms with Crippen LogP contribution in [0.25, 0.3) is 0 Å². The Hall–Kier alpha value is -3.03. The van der Waals surface area contributed by atoms with Gasteiger partial charge in [0, 0.05) is 23.5 Å². The van der Waals surface area contributed by atoms with Crippen molar-refractivity contribution in [2.24, 2.45) is 17.8 Å².